The molecule has 25 heavy (non-hydrogen) atoms. The van der Waals surface area contributed by atoms with E-state index < -0.39 is 0 Å². The largest absolute Gasteiger partial charge is 0.350 e. The fourth-order valence-electron chi connectivity index (χ4n) is 3.40. The smallest absolute Gasteiger partial charge is 0.232 e. The molecule has 1 atom stereocenters. The van der Waals surface area contributed by atoms with Gasteiger partial charge in [0.1, 0.15) is 0 Å². The Morgan fingerprint density at radius 1 is 1.00 bits per heavy atom. The van der Waals surface area contributed by atoms with Gasteiger partial charge in [0.25, 0.3) is 0 Å². The molecule has 1 heterocycles. The van der Waals surface area contributed by atoms with E-state index in [4.69, 9.17) is 0 Å². The lowest BCUT2D eigenvalue weighted by Gasteiger charge is -2.23. The van der Waals surface area contributed by atoms with E-state index in [0.717, 1.165) is 11.1 Å². The van der Waals surface area contributed by atoms with Gasteiger partial charge in [-0.25, -0.2) is 0 Å². The maximum absolute atomic E-state index is 13.0. The van der Waals surface area contributed by atoms with E-state index in [2.05, 4.69) is 5.32 Å². The standard InChI is InChI=1S/C21H24N2O2/c1-15(2)23-14-18(13-19(23)24)22-21(25)20(16-9-5-3-6-10-16)17-11-7-4-8-12-17/h3-12,15,18,20H,13-14H2,1-2H3,(H,22,25). The van der Waals surface area contributed by atoms with Crippen LogP contribution in [0.25, 0.3) is 0 Å². The van der Waals surface area contributed by atoms with Crippen LogP contribution in [0, 0.1) is 0 Å². The van der Waals surface area contributed by atoms with E-state index in [9.17, 15) is 9.59 Å². The van der Waals surface area contributed by atoms with Crippen molar-refractivity contribution in [3.63, 3.8) is 0 Å². The molecule has 1 N–H and O–H groups in total. The van der Waals surface area contributed by atoms with E-state index in [1.54, 1.807) is 0 Å². The first-order valence-corrected chi connectivity index (χ1v) is 8.76. The molecule has 0 radical (unpaired) electrons. The predicted molar refractivity (Wildman–Crippen MR) is 98.1 cm³/mol. The molecule has 0 saturated carbocycles. The number of nitrogens with zero attached hydrogens (tertiary/aromatic N) is 1. The molecule has 3 rings (SSSR count). The number of amides is 2. The summed E-state index contributed by atoms with van der Waals surface area (Å²) in [4.78, 5) is 27.0. The molecule has 2 aromatic rings. The number of hydrogen-bond donors (Lipinski definition) is 1. The zero-order valence-corrected chi connectivity index (χ0v) is 14.7. The van der Waals surface area contributed by atoms with Crippen LogP contribution in [-0.4, -0.2) is 35.3 Å². The van der Waals surface area contributed by atoms with Crippen molar-refractivity contribution in [3.8, 4) is 0 Å². The van der Waals surface area contributed by atoms with Gasteiger partial charge >= 0.3 is 0 Å². The van der Waals surface area contributed by atoms with Crippen LogP contribution in [0.3, 0.4) is 0 Å². The summed E-state index contributed by atoms with van der Waals surface area (Å²) in [5, 5.41) is 3.09. The molecule has 0 aliphatic carbocycles. The van der Waals surface area contributed by atoms with Crippen molar-refractivity contribution in [2.24, 2.45) is 0 Å². The summed E-state index contributed by atoms with van der Waals surface area (Å²) < 4.78 is 0. The van der Waals surface area contributed by atoms with Gasteiger partial charge in [-0.1, -0.05) is 60.7 Å². The van der Waals surface area contributed by atoms with Crippen molar-refractivity contribution in [1.29, 1.82) is 0 Å². The van der Waals surface area contributed by atoms with Gasteiger partial charge in [0, 0.05) is 19.0 Å². The van der Waals surface area contributed by atoms with Gasteiger partial charge in [-0.15, -0.1) is 0 Å². The lowest BCUT2D eigenvalue weighted by atomic mass is 9.90. The maximum Gasteiger partial charge on any atom is 0.232 e. The summed E-state index contributed by atoms with van der Waals surface area (Å²) >= 11 is 0. The van der Waals surface area contributed by atoms with Gasteiger partial charge in [-0.05, 0) is 25.0 Å². The number of benzene rings is 2. The van der Waals surface area contributed by atoms with E-state index in [-0.39, 0.29) is 29.8 Å². The monoisotopic (exact) mass is 336 g/mol. The van der Waals surface area contributed by atoms with Crippen LogP contribution in [-0.2, 0) is 9.59 Å². The summed E-state index contributed by atoms with van der Waals surface area (Å²) in [5.41, 5.74) is 1.91. The Labute approximate surface area is 148 Å². The molecule has 4 heteroatoms. The Balaban J connectivity index is 1.80. The molecule has 2 amide bonds. The highest BCUT2D eigenvalue weighted by Gasteiger charge is 2.33. The van der Waals surface area contributed by atoms with Crippen molar-refractivity contribution in [1.82, 2.24) is 10.2 Å². The Morgan fingerprint density at radius 2 is 1.52 bits per heavy atom. The van der Waals surface area contributed by atoms with Gasteiger partial charge in [0.2, 0.25) is 11.8 Å². The molecule has 1 aliphatic heterocycles. The van der Waals surface area contributed by atoms with E-state index in [0.29, 0.717) is 13.0 Å². The zero-order chi connectivity index (χ0) is 17.8. The first-order valence-electron chi connectivity index (χ1n) is 8.76. The summed E-state index contributed by atoms with van der Waals surface area (Å²) in [6.45, 7) is 4.58. The molecule has 1 aliphatic rings. The van der Waals surface area contributed by atoms with E-state index in [1.807, 2.05) is 79.4 Å². The van der Waals surface area contributed by atoms with Crippen LogP contribution >= 0.6 is 0 Å². The van der Waals surface area contributed by atoms with Crippen LogP contribution in [0.4, 0.5) is 0 Å². The van der Waals surface area contributed by atoms with Gasteiger partial charge in [-0.2, -0.15) is 0 Å². The third-order valence-corrected chi connectivity index (χ3v) is 4.66. The van der Waals surface area contributed by atoms with Crippen molar-refractivity contribution in [2.45, 2.75) is 38.3 Å². The molecule has 1 unspecified atom stereocenters. The number of likely N-dealkylation sites (tertiary alicyclic amines) is 1. The molecule has 0 spiro atoms. The van der Waals surface area contributed by atoms with Crippen molar-refractivity contribution in [3.05, 3.63) is 71.8 Å². The highest BCUT2D eigenvalue weighted by Crippen LogP contribution is 2.25. The molecule has 1 fully saturated rings. The van der Waals surface area contributed by atoms with Crippen molar-refractivity contribution < 1.29 is 9.59 Å². The molecule has 130 valence electrons. The third-order valence-electron chi connectivity index (χ3n) is 4.66. The predicted octanol–water partition coefficient (Wildman–Crippen LogP) is 2.94. The average Bonchev–Trinajstić information content (AvgIpc) is 2.97. The summed E-state index contributed by atoms with van der Waals surface area (Å²) in [7, 11) is 0. The Hall–Kier alpha value is -2.62. The summed E-state index contributed by atoms with van der Waals surface area (Å²) in [6.07, 6.45) is 0.375. The van der Waals surface area contributed by atoms with Gasteiger partial charge in [0.15, 0.2) is 0 Å². The number of rotatable bonds is 5. The molecule has 4 nitrogen and oxygen atoms in total. The number of nitrogens with one attached hydrogen (secondary N) is 1. The Morgan fingerprint density at radius 3 is 1.96 bits per heavy atom. The molecular formula is C21H24N2O2. The highest BCUT2D eigenvalue weighted by molar-refractivity contribution is 5.88. The van der Waals surface area contributed by atoms with Crippen LogP contribution < -0.4 is 5.32 Å². The first-order chi connectivity index (χ1) is 12.1. The zero-order valence-electron chi connectivity index (χ0n) is 14.7. The second-order valence-electron chi connectivity index (χ2n) is 6.80. The molecule has 1 saturated heterocycles. The second kappa shape index (κ2) is 7.51. The number of hydrogen-bond acceptors (Lipinski definition) is 2. The Kier molecular flexibility index (Phi) is 5.17. The first kappa shape index (κ1) is 17.2. The highest BCUT2D eigenvalue weighted by atomic mass is 16.2. The van der Waals surface area contributed by atoms with E-state index in [1.165, 1.54) is 0 Å². The lowest BCUT2D eigenvalue weighted by molar-refractivity contribution is -0.129. The minimum Gasteiger partial charge on any atom is -0.350 e. The number of carbonyl (C=O) groups is 2. The fraction of sp³-hybridized carbons (Fsp3) is 0.333. The SMILES string of the molecule is CC(C)N1CC(NC(=O)C(c2ccccc2)c2ccccc2)CC1=O. The molecule has 2 aromatic carbocycles. The minimum absolute atomic E-state index is 0.0548. The maximum atomic E-state index is 13.0. The van der Waals surface area contributed by atoms with Crippen molar-refractivity contribution >= 4 is 11.8 Å². The second-order valence-corrected chi connectivity index (χ2v) is 6.80. The van der Waals surface area contributed by atoms with Crippen LogP contribution in [0.5, 0.6) is 0 Å². The molecule has 0 aromatic heterocycles. The quantitative estimate of drug-likeness (QED) is 0.913. The normalized spacial score (nSPS) is 17.4. The molecular weight excluding hydrogens is 312 g/mol. The topological polar surface area (TPSA) is 49.4 Å². The van der Waals surface area contributed by atoms with Gasteiger partial charge < -0.3 is 10.2 Å². The summed E-state index contributed by atoms with van der Waals surface area (Å²) in [6, 6.07) is 19.6. The average molecular weight is 336 g/mol. The minimum atomic E-state index is -0.370. The van der Waals surface area contributed by atoms with Gasteiger partial charge in [-0.3, -0.25) is 9.59 Å². The van der Waals surface area contributed by atoms with Crippen LogP contribution in [0.15, 0.2) is 60.7 Å². The molecule has 0 bridgehead atoms. The fourth-order valence-corrected chi connectivity index (χ4v) is 3.40. The van der Waals surface area contributed by atoms with E-state index >= 15 is 0 Å². The number of carbonyl (C=O) groups excluding carboxylic acids is 2. The lowest BCUT2D eigenvalue weighted by Crippen LogP contribution is -2.41. The third kappa shape index (κ3) is 3.90. The van der Waals surface area contributed by atoms with Crippen LogP contribution in [0.2, 0.25) is 0 Å². The summed E-state index contributed by atoms with van der Waals surface area (Å²) in [5.74, 6) is -0.317. The van der Waals surface area contributed by atoms with Crippen molar-refractivity contribution in [2.75, 3.05) is 6.54 Å². The Bertz CT molecular complexity index is 689. The van der Waals surface area contributed by atoms with Gasteiger partial charge in [0.05, 0.1) is 12.0 Å². The van der Waals surface area contributed by atoms with Crippen LogP contribution in [0.1, 0.15) is 37.3 Å².